The average molecular weight is 764 g/mol. The quantitative estimate of drug-likeness (QED) is 0.166. The third kappa shape index (κ3) is 4.27. The third-order valence-corrected chi connectivity index (χ3v) is 14.7. The van der Waals surface area contributed by atoms with Gasteiger partial charge in [-0.1, -0.05) is 137 Å². The van der Waals surface area contributed by atoms with Crippen molar-refractivity contribution in [1.29, 1.82) is 0 Å². The first-order valence-electron chi connectivity index (χ1n) is 19.7. The van der Waals surface area contributed by atoms with E-state index < -0.39 is 0 Å². The van der Waals surface area contributed by atoms with Crippen LogP contribution in [0.1, 0.15) is 16.7 Å². The van der Waals surface area contributed by atoms with E-state index in [4.69, 9.17) is 0 Å². The largest absolute Gasteiger partial charge is 0.309 e. The smallest absolute Gasteiger partial charge is 0.247 e. The maximum absolute atomic E-state index is 2.65. The topological polar surface area (TPSA) is 13.1 Å². The van der Waals surface area contributed by atoms with E-state index in [1.807, 2.05) is 23.5 Å². The zero-order chi connectivity index (χ0) is 37.7. The third-order valence-electron chi connectivity index (χ3n) is 12.6. The summed E-state index contributed by atoms with van der Waals surface area (Å²) >= 11 is 3.86. The zero-order valence-electron chi connectivity index (χ0n) is 31.7. The summed E-state index contributed by atoms with van der Waals surface area (Å²) in [5.74, 6) is 0. The summed E-state index contributed by atoms with van der Waals surface area (Å²) in [6.45, 7) is 6.89. The Kier molecular flexibility index (Phi) is 6.47. The lowest BCUT2D eigenvalue weighted by atomic mass is 9.33. The van der Waals surface area contributed by atoms with Crippen LogP contribution >= 0.6 is 23.5 Å². The summed E-state index contributed by atoms with van der Waals surface area (Å²) in [4.78, 5) is 7.87. The minimum atomic E-state index is 0.0124. The first-order valence-corrected chi connectivity index (χ1v) is 21.3. The predicted molar refractivity (Wildman–Crippen MR) is 243 cm³/mol. The molecular formula is C51H34BN3S2. The van der Waals surface area contributed by atoms with Crippen LogP contribution in [0.25, 0.3) is 55.0 Å². The van der Waals surface area contributed by atoms with Gasteiger partial charge >= 0.3 is 0 Å². The van der Waals surface area contributed by atoms with Crippen LogP contribution < -0.4 is 21.3 Å². The van der Waals surface area contributed by atoms with Crippen molar-refractivity contribution in [3.8, 4) is 11.4 Å². The van der Waals surface area contributed by atoms with E-state index in [2.05, 4.69) is 186 Å². The van der Waals surface area contributed by atoms with E-state index in [1.54, 1.807) is 0 Å². The van der Waals surface area contributed by atoms with E-state index in [-0.39, 0.29) is 6.71 Å². The van der Waals surface area contributed by atoms with Gasteiger partial charge in [-0.05, 0) is 92.4 Å². The molecule has 2 aromatic heterocycles. The van der Waals surface area contributed by atoms with E-state index in [0.717, 1.165) is 0 Å². The van der Waals surface area contributed by atoms with Gasteiger partial charge in [0.05, 0.1) is 39.1 Å². The van der Waals surface area contributed by atoms with Crippen LogP contribution in [0.5, 0.6) is 0 Å². The van der Waals surface area contributed by atoms with Crippen molar-refractivity contribution in [1.82, 2.24) is 9.13 Å². The molecule has 3 aliphatic heterocycles. The Morgan fingerprint density at radius 3 is 1.23 bits per heavy atom. The molecule has 0 atom stereocenters. The Labute approximate surface area is 339 Å². The van der Waals surface area contributed by atoms with Gasteiger partial charge in [0.25, 0.3) is 0 Å². The Balaban J connectivity index is 1.18. The number of aromatic nitrogens is 2. The van der Waals surface area contributed by atoms with Gasteiger partial charge in [-0.25, -0.2) is 0 Å². The number of hydrogen-bond acceptors (Lipinski definition) is 3. The number of fused-ring (bicyclic) bond motifs is 6. The molecule has 6 heteroatoms. The molecule has 13 rings (SSSR count). The molecule has 3 nitrogen and oxygen atoms in total. The Morgan fingerprint density at radius 1 is 0.404 bits per heavy atom. The van der Waals surface area contributed by atoms with Crippen LogP contribution in [-0.2, 0) is 0 Å². The zero-order valence-corrected chi connectivity index (χ0v) is 33.3. The standard InChI is InChI=1S/C51H34BN3S2/c1-29-23-30(2)48(31(3)24-29)52-38-25-32(53-40-17-8-4-13-34(40)35-14-5-9-18-41(35)53)27-46-49(38)55-50-39(52)26-33(28-47(50)57-45-22-12-21-44(56-46)51(45)55)54-42-19-10-6-15-36(42)37-16-7-11-20-43(37)54/h4-28H,1-3H3. The van der Waals surface area contributed by atoms with Crippen LogP contribution in [-0.4, -0.2) is 15.8 Å². The van der Waals surface area contributed by atoms with Gasteiger partial charge in [-0.3, -0.25) is 0 Å². The van der Waals surface area contributed by atoms with Crippen LogP contribution in [0, 0.1) is 20.8 Å². The van der Waals surface area contributed by atoms with E-state index >= 15 is 0 Å². The van der Waals surface area contributed by atoms with Gasteiger partial charge in [0.15, 0.2) is 0 Å². The molecule has 0 unspecified atom stereocenters. The van der Waals surface area contributed by atoms with Crippen LogP contribution in [0.3, 0.4) is 0 Å². The molecular weight excluding hydrogens is 730 g/mol. The first-order chi connectivity index (χ1) is 28.0. The number of para-hydroxylation sites is 5. The molecule has 0 saturated carbocycles. The summed E-state index contributed by atoms with van der Waals surface area (Å²) in [5, 5.41) is 5.12. The van der Waals surface area contributed by atoms with Crippen molar-refractivity contribution < 1.29 is 0 Å². The fraction of sp³-hybridized carbons (Fsp3) is 0.0588. The molecule has 0 radical (unpaired) electrons. The van der Waals surface area contributed by atoms with Gasteiger partial charge in [0.1, 0.15) is 0 Å². The monoisotopic (exact) mass is 763 g/mol. The lowest BCUT2D eigenvalue weighted by molar-refractivity contribution is 1.07. The minimum absolute atomic E-state index is 0.0124. The lowest BCUT2D eigenvalue weighted by Crippen LogP contribution is -2.59. The maximum atomic E-state index is 2.65. The molecule has 0 aliphatic carbocycles. The first kappa shape index (κ1) is 32.1. The molecule has 0 bridgehead atoms. The fourth-order valence-corrected chi connectivity index (χ4v) is 12.9. The molecule has 0 saturated heterocycles. The SMILES string of the molecule is Cc1cc(C)c(B2c3cc(-n4c5ccccc5c5ccccc54)cc4c3N3c5c(cccc5Sc5cc(-n6c7ccccc7c7ccccc76)cc2c53)S4)c(C)c1. The normalized spacial score (nSPS) is 13.7. The molecule has 0 N–H and O–H groups in total. The second kappa shape index (κ2) is 11.5. The van der Waals surface area contributed by atoms with Crippen LogP contribution in [0.2, 0.25) is 0 Å². The summed E-state index contributed by atoms with van der Waals surface area (Å²) in [7, 11) is 0. The molecule has 0 fully saturated rings. The Bertz CT molecular complexity index is 3110. The van der Waals surface area contributed by atoms with E-state index in [1.165, 1.54) is 125 Å². The van der Waals surface area contributed by atoms with Gasteiger partial charge in [0, 0.05) is 52.5 Å². The molecule has 0 amide bonds. The second-order valence-corrected chi connectivity index (χ2v) is 18.1. The lowest BCUT2D eigenvalue weighted by Gasteiger charge is -2.45. The van der Waals surface area contributed by atoms with Crippen molar-refractivity contribution in [3.05, 3.63) is 168 Å². The highest BCUT2D eigenvalue weighted by molar-refractivity contribution is 8.00. The fourth-order valence-electron chi connectivity index (χ4n) is 10.5. The second-order valence-electron chi connectivity index (χ2n) is 15.9. The highest BCUT2D eigenvalue weighted by Crippen LogP contribution is 2.61. The highest BCUT2D eigenvalue weighted by Gasteiger charge is 2.45. The van der Waals surface area contributed by atoms with E-state index in [0.29, 0.717) is 0 Å². The number of benzene rings is 8. The summed E-state index contributed by atoms with van der Waals surface area (Å²) < 4.78 is 5.00. The molecule has 57 heavy (non-hydrogen) atoms. The van der Waals surface area contributed by atoms with Gasteiger partial charge < -0.3 is 14.0 Å². The number of hydrogen-bond donors (Lipinski definition) is 0. The summed E-state index contributed by atoms with van der Waals surface area (Å²) in [5.41, 5.74) is 19.4. The molecule has 0 spiro atoms. The average Bonchev–Trinajstić information content (AvgIpc) is 3.74. The molecule has 268 valence electrons. The number of nitrogens with zero attached hydrogens (tertiary/aromatic N) is 3. The molecule has 8 aromatic carbocycles. The van der Waals surface area contributed by atoms with Crippen LogP contribution in [0.4, 0.5) is 17.1 Å². The Morgan fingerprint density at radius 2 is 0.807 bits per heavy atom. The summed E-state index contributed by atoms with van der Waals surface area (Å²) in [6, 6.07) is 57.2. The number of aryl methyl sites for hydroxylation is 3. The minimum Gasteiger partial charge on any atom is -0.309 e. The van der Waals surface area contributed by atoms with Gasteiger partial charge in [-0.2, -0.15) is 0 Å². The van der Waals surface area contributed by atoms with Gasteiger partial charge in [-0.15, -0.1) is 0 Å². The van der Waals surface area contributed by atoms with Crippen molar-refractivity contribution in [2.45, 2.75) is 40.4 Å². The van der Waals surface area contributed by atoms with Crippen molar-refractivity contribution in [2.75, 3.05) is 4.90 Å². The van der Waals surface area contributed by atoms with Gasteiger partial charge in [0.2, 0.25) is 6.71 Å². The summed E-state index contributed by atoms with van der Waals surface area (Å²) in [6.07, 6.45) is 0. The number of rotatable bonds is 3. The van der Waals surface area contributed by atoms with Crippen molar-refractivity contribution in [3.63, 3.8) is 0 Å². The van der Waals surface area contributed by atoms with Crippen LogP contribution in [0.15, 0.2) is 171 Å². The number of anilines is 3. The molecule has 5 heterocycles. The highest BCUT2D eigenvalue weighted by atomic mass is 32.2. The predicted octanol–water partition coefficient (Wildman–Crippen LogP) is 12.0. The van der Waals surface area contributed by atoms with Crippen molar-refractivity contribution >= 4 is 107 Å². The maximum Gasteiger partial charge on any atom is 0.247 e. The molecule has 3 aliphatic rings. The molecule has 10 aromatic rings. The van der Waals surface area contributed by atoms with Crippen molar-refractivity contribution in [2.24, 2.45) is 0 Å². The van der Waals surface area contributed by atoms with E-state index in [9.17, 15) is 0 Å². The Hall–Kier alpha value is -6.08.